The largest absolute Gasteiger partial charge is 0.476 e. The van der Waals surface area contributed by atoms with E-state index in [1.807, 2.05) is 106 Å². The molecule has 1 radical (unpaired) electrons. The average Bonchev–Trinajstić information content (AvgIpc) is 3.73. The van der Waals surface area contributed by atoms with Crippen molar-refractivity contribution >= 4 is 46.2 Å². The minimum Gasteiger partial charge on any atom is -0.476 e. The van der Waals surface area contributed by atoms with Gasteiger partial charge in [-0.15, -0.1) is 53.1 Å². The molecule has 0 unspecified atom stereocenters. The van der Waals surface area contributed by atoms with Crippen molar-refractivity contribution in [1.82, 2.24) is 14.5 Å². The van der Waals surface area contributed by atoms with Gasteiger partial charge in [0.25, 0.3) is 0 Å². The Labute approximate surface area is 337 Å². The first-order valence-electron chi connectivity index (χ1n) is 19.3. The van der Waals surface area contributed by atoms with Gasteiger partial charge in [0.15, 0.2) is 0 Å². The number of benzene rings is 5. The SMILES string of the molecule is [2H]C([2H])(c1cc(-c2[c-]ccc(C(C)(C)C)c2)ncc1[Si](C)(C)C)C(C)(C)C.[Ir].[c-]1cc2c(cc1-c1nc3ccccc3n1-c1ccccc1)oc1ccccc12. The monoisotopic (exact) mass is 906 g/mol. The predicted octanol–water partition coefficient (Wildman–Crippen LogP) is 12.4. The van der Waals surface area contributed by atoms with Gasteiger partial charge in [-0.1, -0.05) is 133 Å². The molecule has 0 saturated heterocycles. The van der Waals surface area contributed by atoms with Crippen LogP contribution < -0.4 is 5.19 Å². The van der Waals surface area contributed by atoms with Crippen molar-refractivity contribution in [2.24, 2.45) is 5.41 Å². The van der Waals surface area contributed by atoms with Gasteiger partial charge in [-0.2, -0.15) is 0 Å². The Kier molecular flexibility index (Phi) is 10.3. The van der Waals surface area contributed by atoms with Crippen LogP contribution in [0, 0.1) is 17.5 Å². The third-order valence-electron chi connectivity index (χ3n) is 9.29. The number of pyridine rings is 1. The molecule has 0 N–H and O–H groups in total. The predicted molar refractivity (Wildman–Crippen MR) is 226 cm³/mol. The fourth-order valence-electron chi connectivity index (χ4n) is 6.63. The second kappa shape index (κ2) is 15.3. The zero-order valence-electron chi connectivity index (χ0n) is 34.6. The van der Waals surface area contributed by atoms with E-state index in [1.54, 1.807) is 0 Å². The maximum absolute atomic E-state index is 8.89. The molecule has 8 aromatic rings. The Bertz CT molecular complexity index is 2640. The topological polar surface area (TPSA) is 43.9 Å². The van der Waals surface area contributed by atoms with E-state index in [2.05, 4.69) is 93.5 Å². The Balaban J connectivity index is 0.000000187. The Morgan fingerprint density at radius 2 is 1.46 bits per heavy atom. The standard InChI is InChI=1S/C25H15N2O.C23H34NSi.Ir/c1-2-8-18(9-3-1)27-22-12-6-5-11-21(22)26-25(27)17-14-15-20-19-10-4-7-13-23(19)28-24(20)16-17;1-22(2,3)15-18-14-20(24-16-21(18)25(7,8)9)17-11-10-12-19(13-17)23(4,5)6;/h1-13,15-16H;10,12-14,16H,15H2,1-9H3;/q2*-1;/i;15D2;. The van der Waals surface area contributed by atoms with E-state index in [1.165, 1.54) is 5.56 Å². The van der Waals surface area contributed by atoms with Crippen LogP contribution in [0.5, 0.6) is 0 Å². The van der Waals surface area contributed by atoms with Crippen molar-refractivity contribution in [3.05, 3.63) is 145 Å². The fourth-order valence-corrected chi connectivity index (χ4v) is 8.02. The number of hydrogen-bond donors (Lipinski definition) is 0. The maximum Gasteiger partial charge on any atom is 0.123 e. The van der Waals surface area contributed by atoms with Crippen molar-refractivity contribution in [1.29, 1.82) is 0 Å². The van der Waals surface area contributed by atoms with Crippen molar-refractivity contribution < 1.29 is 27.3 Å². The Morgan fingerprint density at radius 1 is 0.759 bits per heavy atom. The molecule has 3 heterocycles. The van der Waals surface area contributed by atoms with Gasteiger partial charge in [0.2, 0.25) is 0 Å². The molecule has 54 heavy (non-hydrogen) atoms. The van der Waals surface area contributed by atoms with Crippen LogP contribution in [0.25, 0.3) is 61.3 Å². The van der Waals surface area contributed by atoms with E-state index in [0.29, 0.717) is 0 Å². The minimum absolute atomic E-state index is 0. The number of rotatable bonds is 5. The molecule has 0 atom stereocenters. The van der Waals surface area contributed by atoms with Gasteiger partial charge in [-0.05, 0) is 63.8 Å². The second-order valence-electron chi connectivity index (χ2n) is 16.8. The Morgan fingerprint density at radius 3 is 2.19 bits per heavy atom. The summed E-state index contributed by atoms with van der Waals surface area (Å²) in [6, 6.07) is 45.5. The zero-order chi connectivity index (χ0) is 39.3. The van der Waals surface area contributed by atoms with E-state index in [0.717, 1.165) is 72.1 Å². The normalized spacial score (nSPS) is 12.9. The van der Waals surface area contributed by atoms with E-state index < -0.39 is 19.9 Å². The number of aromatic nitrogens is 3. The first kappa shape index (κ1) is 36.4. The smallest absolute Gasteiger partial charge is 0.123 e. The summed E-state index contributed by atoms with van der Waals surface area (Å²) in [5, 5.41) is 3.27. The number of furan rings is 1. The first-order chi connectivity index (χ1) is 25.9. The quantitative estimate of drug-likeness (QED) is 0.128. The molecular weight excluding hydrogens is 855 g/mol. The molecule has 0 spiro atoms. The number of imidazole rings is 1. The summed E-state index contributed by atoms with van der Waals surface area (Å²) in [4.78, 5) is 9.64. The van der Waals surface area contributed by atoms with Crippen LogP contribution in [0.3, 0.4) is 0 Å². The van der Waals surface area contributed by atoms with Crippen LogP contribution in [-0.2, 0) is 31.9 Å². The van der Waals surface area contributed by atoms with Crippen LogP contribution in [0.4, 0.5) is 0 Å². The van der Waals surface area contributed by atoms with Crippen molar-refractivity contribution in [2.75, 3.05) is 0 Å². The van der Waals surface area contributed by atoms with Gasteiger partial charge in [-0.25, -0.2) is 0 Å². The Hall–Kier alpha value is -4.61. The van der Waals surface area contributed by atoms with E-state index in [4.69, 9.17) is 17.1 Å². The summed E-state index contributed by atoms with van der Waals surface area (Å²) in [5.41, 5.74) is 9.03. The molecule has 0 aliphatic rings. The first-order valence-corrected chi connectivity index (χ1v) is 21.8. The van der Waals surface area contributed by atoms with Gasteiger partial charge in [0.05, 0.1) is 30.5 Å². The van der Waals surface area contributed by atoms with Crippen LogP contribution in [-0.4, -0.2) is 22.6 Å². The third-order valence-corrected chi connectivity index (χ3v) is 11.3. The van der Waals surface area contributed by atoms with E-state index in [-0.39, 0.29) is 25.5 Å². The molecule has 0 aliphatic carbocycles. The van der Waals surface area contributed by atoms with Gasteiger partial charge in [0, 0.05) is 34.7 Å². The van der Waals surface area contributed by atoms with Crippen molar-refractivity contribution in [2.45, 2.75) is 73.0 Å². The fraction of sp³-hybridized carbons (Fsp3) is 0.250. The van der Waals surface area contributed by atoms with Crippen molar-refractivity contribution in [3.8, 4) is 28.3 Å². The summed E-state index contributed by atoms with van der Waals surface area (Å²) in [6.45, 7) is 19.2. The summed E-state index contributed by atoms with van der Waals surface area (Å²) in [5.74, 6) is 0.856. The molecular formula is C48H49IrN3OSi-2. The van der Waals surface area contributed by atoms with Crippen molar-refractivity contribution in [3.63, 3.8) is 0 Å². The number of hydrogen-bond acceptors (Lipinski definition) is 3. The third kappa shape index (κ3) is 8.37. The minimum atomic E-state index is -1.74. The van der Waals surface area contributed by atoms with Crippen LogP contribution in [0.2, 0.25) is 19.6 Å². The average molecular weight is 906 g/mol. The van der Waals surface area contributed by atoms with Gasteiger partial charge in [0.1, 0.15) is 5.58 Å². The van der Waals surface area contributed by atoms with Crippen LogP contribution in [0.1, 0.15) is 55.4 Å². The molecule has 0 saturated carbocycles. The second-order valence-corrected chi connectivity index (χ2v) is 21.8. The summed E-state index contributed by atoms with van der Waals surface area (Å²) < 4.78 is 26.0. The number of fused-ring (bicyclic) bond motifs is 4. The summed E-state index contributed by atoms with van der Waals surface area (Å²) >= 11 is 0. The summed E-state index contributed by atoms with van der Waals surface area (Å²) in [7, 11) is -1.74. The van der Waals surface area contributed by atoms with Crippen LogP contribution >= 0.6 is 0 Å². The molecule has 0 bridgehead atoms. The number of nitrogens with zero attached hydrogens (tertiary/aromatic N) is 3. The molecule has 8 rings (SSSR count). The molecule has 0 aliphatic heterocycles. The zero-order valence-corrected chi connectivity index (χ0v) is 36.0. The molecule has 4 nitrogen and oxygen atoms in total. The van der Waals surface area contributed by atoms with Gasteiger partial charge in [-0.3, -0.25) is 4.98 Å². The molecule has 0 fully saturated rings. The molecule has 277 valence electrons. The van der Waals surface area contributed by atoms with E-state index in [9.17, 15) is 0 Å². The summed E-state index contributed by atoms with van der Waals surface area (Å²) in [6.07, 6.45) is 0.472. The molecule has 0 amide bonds. The van der Waals surface area contributed by atoms with E-state index >= 15 is 0 Å². The van der Waals surface area contributed by atoms with Crippen LogP contribution in [0.15, 0.2) is 126 Å². The van der Waals surface area contributed by atoms with Gasteiger partial charge < -0.3 is 14.0 Å². The van der Waals surface area contributed by atoms with Gasteiger partial charge >= 0.3 is 0 Å². The number of para-hydroxylation sites is 4. The molecule has 3 aromatic heterocycles. The maximum atomic E-state index is 8.89. The molecule has 6 heteroatoms. The molecule has 5 aromatic carbocycles.